The predicted octanol–water partition coefficient (Wildman–Crippen LogP) is 5.79. The first kappa shape index (κ1) is 24.6. The second kappa shape index (κ2) is 10.1. The Morgan fingerprint density at radius 1 is 1.08 bits per heavy atom. The van der Waals surface area contributed by atoms with E-state index in [-0.39, 0.29) is 17.4 Å². The van der Waals surface area contributed by atoms with Crippen LogP contribution >= 0.6 is 0 Å². The van der Waals surface area contributed by atoms with Crippen LogP contribution in [0.1, 0.15) is 24.6 Å². The van der Waals surface area contributed by atoms with Crippen LogP contribution in [0, 0.1) is 11.2 Å². The lowest BCUT2D eigenvalue weighted by molar-refractivity contribution is -0.115. The number of rotatable bonds is 7. The number of methoxy groups -OCH3 is 1. The Hall–Kier alpha value is -5.05. The van der Waals surface area contributed by atoms with Gasteiger partial charge in [0.1, 0.15) is 17.4 Å². The molecule has 0 unspecified atom stereocenters. The Morgan fingerprint density at radius 2 is 1.89 bits per heavy atom. The van der Waals surface area contributed by atoms with Crippen molar-refractivity contribution >= 4 is 34.0 Å². The fraction of sp³-hybridized carbons (Fsp3) is 0.103. The van der Waals surface area contributed by atoms with Gasteiger partial charge in [-0.25, -0.2) is 9.37 Å². The lowest BCUT2D eigenvalue weighted by atomic mass is 10.00. The summed E-state index contributed by atoms with van der Waals surface area (Å²) >= 11 is 0. The summed E-state index contributed by atoms with van der Waals surface area (Å²) in [5.74, 6) is 0.111. The van der Waals surface area contributed by atoms with Gasteiger partial charge in [0.25, 0.3) is 0 Å². The molecule has 5 N–H and O–H groups in total. The topological polar surface area (TPSA) is 130 Å². The van der Waals surface area contributed by atoms with Gasteiger partial charge in [-0.3, -0.25) is 15.2 Å². The first-order valence-electron chi connectivity index (χ1n) is 11.9. The van der Waals surface area contributed by atoms with Gasteiger partial charge >= 0.3 is 0 Å². The molecule has 3 aromatic heterocycles. The molecule has 8 nitrogen and oxygen atoms in total. The van der Waals surface area contributed by atoms with Crippen molar-refractivity contribution in [3.8, 4) is 28.0 Å². The maximum absolute atomic E-state index is 14.2. The van der Waals surface area contributed by atoms with Crippen LogP contribution in [0.25, 0.3) is 33.2 Å². The SMILES string of the molecule is CCC(=O)Nc1cncc(-c2cnc(N)c(C(=N)c3cc4c(-c5cc(F)cc(OC)c5)cccc4[nH]3)c2)c1. The van der Waals surface area contributed by atoms with Gasteiger partial charge < -0.3 is 20.8 Å². The van der Waals surface area contributed by atoms with E-state index in [0.29, 0.717) is 40.2 Å². The van der Waals surface area contributed by atoms with E-state index in [1.165, 1.54) is 19.2 Å². The maximum atomic E-state index is 14.2. The normalized spacial score (nSPS) is 10.9. The summed E-state index contributed by atoms with van der Waals surface area (Å²) in [6.07, 6.45) is 5.19. The molecule has 0 radical (unpaired) electrons. The molecule has 5 rings (SSSR count). The summed E-state index contributed by atoms with van der Waals surface area (Å²) < 4.78 is 19.5. The minimum atomic E-state index is -0.400. The molecule has 0 aliphatic heterocycles. The molecule has 9 heteroatoms. The number of hydrogen-bond donors (Lipinski definition) is 4. The number of pyridine rings is 2. The monoisotopic (exact) mass is 508 g/mol. The number of fused-ring (bicyclic) bond motifs is 1. The van der Waals surface area contributed by atoms with Gasteiger partial charge in [-0.1, -0.05) is 19.1 Å². The Balaban J connectivity index is 1.53. The van der Waals surface area contributed by atoms with Crippen LogP contribution in [0.2, 0.25) is 0 Å². The van der Waals surface area contributed by atoms with Crippen LogP contribution in [0.3, 0.4) is 0 Å². The van der Waals surface area contributed by atoms with Crippen molar-refractivity contribution in [2.45, 2.75) is 13.3 Å². The molecule has 190 valence electrons. The van der Waals surface area contributed by atoms with E-state index in [9.17, 15) is 9.18 Å². The molecule has 38 heavy (non-hydrogen) atoms. The number of nitrogens with two attached hydrogens (primary N) is 1. The van der Waals surface area contributed by atoms with Crippen LogP contribution in [-0.2, 0) is 4.79 Å². The number of hydrogen-bond acceptors (Lipinski definition) is 6. The molecule has 2 aromatic carbocycles. The number of anilines is 2. The molecule has 0 atom stereocenters. The number of carbonyl (C=O) groups excluding carboxylic acids is 1. The van der Waals surface area contributed by atoms with E-state index >= 15 is 0 Å². The number of nitrogens with zero attached hydrogens (tertiary/aromatic N) is 2. The quantitative estimate of drug-likeness (QED) is 0.207. The van der Waals surface area contributed by atoms with Crippen molar-refractivity contribution in [2.75, 3.05) is 18.2 Å². The minimum absolute atomic E-state index is 0.114. The highest BCUT2D eigenvalue weighted by molar-refractivity contribution is 6.15. The summed E-state index contributed by atoms with van der Waals surface area (Å²) in [5, 5.41) is 12.6. The second-order valence-corrected chi connectivity index (χ2v) is 8.73. The number of benzene rings is 2. The van der Waals surface area contributed by atoms with Crippen molar-refractivity contribution in [1.29, 1.82) is 5.41 Å². The highest BCUT2D eigenvalue weighted by Gasteiger charge is 2.16. The van der Waals surface area contributed by atoms with E-state index in [1.807, 2.05) is 24.3 Å². The molecule has 0 fully saturated rings. The van der Waals surface area contributed by atoms with Gasteiger partial charge in [0.05, 0.1) is 30.4 Å². The summed E-state index contributed by atoms with van der Waals surface area (Å²) in [4.78, 5) is 23.6. The van der Waals surface area contributed by atoms with E-state index in [1.54, 1.807) is 43.7 Å². The van der Waals surface area contributed by atoms with Gasteiger partial charge in [0.15, 0.2) is 0 Å². The van der Waals surface area contributed by atoms with Crippen molar-refractivity contribution in [1.82, 2.24) is 15.0 Å². The molecular formula is C29H25FN6O2. The van der Waals surface area contributed by atoms with Crippen LogP contribution in [0.15, 0.2) is 73.2 Å². The lowest BCUT2D eigenvalue weighted by Gasteiger charge is -2.10. The largest absolute Gasteiger partial charge is 0.497 e. The lowest BCUT2D eigenvalue weighted by Crippen LogP contribution is -2.10. The molecular weight excluding hydrogens is 483 g/mol. The van der Waals surface area contributed by atoms with E-state index in [2.05, 4.69) is 20.3 Å². The molecule has 0 aliphatic carbocycles. The predicted molar refractivity (Wildman–Crippen MR) is 147 cm³/mol. The highest BCUT2D eigenvalue weighted by atomic mass is 19.1. The summed E-state index contributed by atoms with van der Waals surface area (Å²) in [5.41, 5.74) is 11.5. The molecule has 3 heterocycles. The molecule has 0 saturated carbocycles. The van der Waals surface area contributed by atoms with Crippen LogP contribution in [0.4, 0.5) is 15.9 Å². The first-order valence-corrected chi connectivity index (χ1v) is 11.9. The Labute approximate surface area is 218 Å². The van der Waals surface area contributed by atoms with Crippen LogP contribution in [-0.4, -0.2) is 33.7 Å². The molecule has 1 amide bonds. The molecule has 0 aliphatic rings. The van der Waals surface area contributed by atoms with Crippen molar-refractivity contribution in [2.24, 2.45) is 0 Å². The van der Waals surface area contributed by atoms with E-state index < -0.39 is 5.82 Å². The number of aromatic nitrogens is 3. The van der Waals surface area contributed by atoms with Gasteiger partial charge in [-0.15, -0.1) is 0 Å². The third-order valence-electron chi connectivity index (χ3n) is 6.22. The third kappa shape index (κ3) is 4.81. The fourth-order valence-electron chi connectivity index (χ4n) is 4.27. The average Bonchev–Trinajstić information content (AvgIpc) is 3.37. The maximum Gasteiger partial charge on any atom is 0.224 e. The Morgan fingerprint density at radius 3 is 2.68 bits per heavy atom. The van der Waals surface area contributed by atoms with Gasteiger partial charge in [0, 0.05) is 52.5 Å². The van der Waals surface area contributed by atoms with E-state index in [0.717, 1.165) is 22.0 Å². The van der Waals surface area contributed by atoms with E-state index in [4.69, 9.17) is 15.9 Å². The van der Waals surface area contributed by atoms with Crippen LogP contribution < -0.4 is 15.8 Å². The number of aromatic amines is 1. The molecule has 0 spiro atoms. The smallest absolute Gasteiger partial charge is 0.224 e. The van der Waals surface area contributed by atoms with Crippen molar-refractivity contribution in [3.05, 3.63) is 90.3 Å². The molecule has 0 bridgehead atoms. The number of H-pyrrole nitrogens is 1. The minimum Gasteiger partial charge on any atom is -0.497 e. The number of amides is 1. The van der Waals surface area contributed by atoms with Gasteiger partial charge in [-0.05, 0) is 47.5 Å². The van der Waals surface area contributed by atoms with Crippen molar-refractivity contribution in [3.63, 3.8) is 0 Å². The molecule has 5 aromatic rings. The number of nitrogen functional groups attached to an aromatic ring is 1. The Bertz CT molecular complexity index is 1690. The van der Waals surface area contributed by atoms with Crippen LogP contribution in [0.5, 0.6) is 5.75 Å². The van der Waals surface area contributed by atoms with Gasteiger partial charge in [0.2, 0.25) is 5.91 Å². The van der Waals surface area contributed by atoms with Crippen molar-refractivity contribution < 1.29 is 13.9 Å². The zero-order valence-corrected chi connectivity index (χ0v) is 20.8. The number of ether oxygens (including phenoxy) is 1. The highest BCUT2D eigenvalue weighted by Crippen LogP contribution is 2.33. The first-order chi connectivity index (χ1) is 18.4. The third-order valence-corrected chi connectivity index (χ3v) is 6.22. The fourth-order valence-corrected chi connectivity index (χ4v) is 4.27. The van der Waals surface area contributed by atoms with Gasteiger partial charge in [-0.2, -0.15) is 0 Å². The zero-order valence-electron chi connectivity index (χ0n) is 20.8. The average molecular weight is 509 g/mol. The standard InChI is InChI=1S/C29H25FN6O2/c1-3-27(37)35-20-8-17(13-33-15-20)18-10-24(29(32)34-14-18)28(31)26-12-23-22(5-4-6-25(23)36-26)16-7-19(30)11-21(9-16)38-2/h4-15,31,36H,3H2,1-2H3,(H2,32,34)(H,35,37). The summed E-state index contributed by atoms with van der Waals surface area (Å²) in [6, 6.07) is 15.6. The summed E-state index contributed by atoms with van der Waals surface area (Å²) in [7, 11) is 1.50. The molecule has 0 saturated heterocycles. The number of nitrogens with one attached hydrogen (secondary N) is 3. The number of carbonyl (C=O) groups is 1. The second-order valence-electron chi connectivity index (χ2n) is 8.73. The zero-order chi connectivity index (χ0) is 26.8. The number of halogens is 1. The summed E-state index contributed by atoms with van der Waals surface area (Å²) in [6.45, 7) is 1.77. The Kier molecular flexibility index (Phi) is 6.57.